The van der Waals surface area contributed by atoms with Crippen LogP contribution in [0.3, 0.4) is 0 Å². The Bertz CT molecular complexity index is 434. The van der Waals surface area contributed by atoms with E-state index in [4.69, 9.17) is 4.74 Å². The normalized spacial score (nSPS) is 12.0. The van der Waals surface area contributed by atoms with E-state index in [1.165, 1.54) is 7.11 Å². The van der Waals surface area contributed by atoms with Gasteiger partial charge in [-0.05, 0) is 12.6 Å². The van der Waals surface area contributed by atoms with Gasteiger partial charge in [-0.15, -0.1) is 0 Å². The smallest absolute Gasteiger partial charge is 0.314 e. The molecule has 0 radical (unpaired) electrons. The third-order valence-corrected chi connectivity index (χ3v) is 3.18. The number of nitrogens with zero attached hydrogens (tertiary/aromatic N) is 1. The molecule has 1 amide bonds. The molecule has 5 heteroatoms. The van der Waals surface area contributed by atoms with Crippen molar-refractivity contribution in [2.75, 3.05) is 34.3 Å². The molecular weight excluding hydrogens is 256 g/mol. The third-order valence-electron chi connectivity index (χ3n) is 3.18. The number of carbonyl (C=O) groups excluding carboxylic acids is 2. The van der Waals surface area contributed by atoms with Crippen molar-refractivity contribution in [2.45, 2.75) is 12.3 Å². The maximum Gasteiger partial charge on any atom is 0.314 e. The van der Waals surface area contributed by atoms with Crippen molar-refractivity contribution in [3.63, 3.8) is 0 Å². The first-order valence-corrected chi connectivity index (χ1v) is 6.60. The van der Waals surface area contributed by atoms with Gasteiger partial charge in [0.15, 0.2) is 0 Å². The van der Waals surface area contributed by atoms with Crippen molar-refractivity contribution in [2.24, 2.45) is 0 Å². The molecule has 20 heavy (non-hydrogen) atoms. The molecule has 1 aromatic carbocycles. The molecule has 0 spiro atoms. The van der Waals surface area contributed by atoms with Crippen LogP contribution < -0.4 is 5.32 Å². The van der Waals surface area contributed by atoms with E-state index in [9.17, 15) is 9.59 Å². The van der Waals surface area contributed by atoms with Crippen molar-refractivity contribution < 1.29 is 14.3 Å². The molecule has 1 aromatic rings. The molecule has 0 aromatic heterocycles. The van der Waals surface area contributed by atoms with E-state index >= 15 is 0 Å². The van der Waals surface area contributed by atoms with Gasteiger partial charge in [0.05, 0.1) is 13.0 Å². The first-order valence-electron chi connectivity index (χ1n) is 6.60. The number of ether oxygens (including phenoxy) is 1. The summed E-state index contributed by atoms with van der Waals surface area (Å²) >= 11 is 0. The third kappa shape index (κ3) is 5.01. The van der Waals surface area contributed by atoms with E-state index in [0.29, 0.717) is 19.5 Å². The minimum Gasteiger partial charge on any atom is -0.469 e. The van der Waals surface area contributed by atoms with Gasteiger partial charge in [-0.2, -0.15) is 0 Å². The lowest BCUT2D eigenvalue weighted by Gasteiger charge is -2.22. The van der Waals surface area contributed by atoms with Gasteiger partial charge in [-0.3, -0.25) is 9.59 Å². The summed E-state index contributed by atoms with van der Waals surface area (Å²) in [6, 6.07) is 9.53. The summed E-state index contributed by atoms with van der Waals surface area (Å²) in [4.78, 5) is 25.1. The number of esters is 1. The average Bonchev–Trinajstić information content (AvgIpc) is 2.50. The Morgan fingerprint density at radius 2 is 1.95 bits per heavy atom. The summed E-state index contributed by atoms with van der Waals surface area (Å²) in [5, 5.41) is 2.58. The molecule has 1 unspecified atom stereocenters. The molecule has 0 heterocycles. The molecule has 1 N–H and O–H groups in total. The monoisotopic (exact) mass is 278 g/mol. The SMILES string of the molecule is CNC(=O)CCN(C)CC(C(=O)OC)c1ccccc1. The van der Waals surface area contributed by atoms with Crippen LogP contribution in [0.15, 0.2) is 30.3 Å². The number of benzene rings is 1. The fourth-order valence-electron chi connectivity index (χ4n) is 1.96. The van der Waals surface area contributed by atoms with Crippen molar-refractivity contribution in [3.05, 3.63) is 35.9 Å². The molecule has 5 nitrogen and oxygen atoms in total. The second kappa shape index (κ2) is 8.32. The predicted molar refractivity (Wildman–Crippen MR) is 77.4 cm³/mol. The molecule has 0 bridgehead atoms. The fraction of sp³-hybridized carbons (Fsp3) is 0.467. The van der Waals surface area contributed by atoms with Gasteiger partial charge in [-0.1, -0.05) is 30.3 Å². The molecule has 110 valence electrons. The van der Waals surface area contributed by atoms with Gasteiger partial charge in [0.1, 0.15) is 0 Å². The lowest BCUT2D eigenvalue weighted by atomic mass is 9.98. The first-order chi connectivity index (χ1) is 9.58. The highest BCUT2D eigenvalue weighted by Gasteiger charge is 2.22. The Kier molecular flexibility index (Phi) is 6.73. The van der Waals surface area contributed by atoms with Crippen LogP contribution >= 0.6 is 0 Å². The van der Waals surface area contributed by atoms with E-state index in [0.717, 1.165) is 5.56 Å². The van der Waals surface area contributed by atoms with Crippen LogP contribution in [-0.2, 0) is 14.3 Å². The van der Waals surface area contributed by atoms with Gasteiger partial charge in [0.2, 0.25) is 5.91 Å². The van der Waals surface area contributed by atoms with Gasteiger partial charge in [0.25, 0.3) is 0 Å². The number of nitrogens with one attached hydrogen (secondary N) is 1. The highest BCUT2D eigenvalue weighted by Crippen LogP contribution is 2.18. The minimum atomic E-state index is -0.337. The Hall–Kier alpha value is -1.88. The van der Waals surface area contributed by atoms with E-state index in [2.05, 4.69) is 5.32 Å². The standard InChI is InChI=1S/C15H22N2O3/c1-16-14(18)9-10-17(2)11-13(15(19)20-3)12-7-5-4-6-8-12/h4-8,13H,9-11H2,1-3H3,(H,16,18). The van der Waals surface area contributed by atoms with E-state index in [1.807, 2.05) is 42.3 Å². The Morgan fingerprint density at radius 3 is 2.50 bits per heavy atom. The lowest BCUT2D eigenvalue weighted by molar-refractivity contribution is -0.142. The van der Waals surface area contributed by atoms with Crippen LogP contribution in [-0.4, -0.2) is 51.1 Å². The number of rotatable bonds is 7. The molecule has 1 rings (SSSR count). The van der Waals surface area contributed by atoms with Crippen LogP contribution in [0.25, 0.3) is 0 Å². The number of carbonyl (C=O) groups is 2. The van der Waals surface area contributed by atoms with Crippen LogP contribution in [0.2, 0.25) is 0 Å². The number of methoxy groups -OCH3 is 1. The molecule has 0 saturated heterocycles. The summed E-state index contributed by atoms with van der Waals surface area (Å²) in [6.45, 7) is 1.12. The zero-order valence-electron chi connectivity index (χ0n) is 12.3. The fourth-order valence-corrected chi connectivity index (χ4v) is 1.96. The summed E-state index contributed by atoms with van der Waals surface area (Å²) in [5.41, 5.74) is 0.922. The largest absolute Gasteiger partial charge is 0.469 e. The summed E-state index contributed by atoms with van der Waals surface area (Å²) < 4.78 is 4.87. The molecule has 0 fully saturated rings. The second-order valence-corrected chi connectivity index (χ2v) is 4.67. The van der Waals surface area contributed by atoms with Crippen LogP contribution in [0.4, 0.5) is 0 Å². The second-order valence-electron chi connectivity index (χ2n) is 4.67. The number of likely N-dealkylation sites (N-methyl/N-ethyl adjacent to an activating group) is 1. The average molecular weight is 278 g/mol. The minimum absolute atomic E-state index is 0.00817. The van der Waals surface area contributed by atoms with Gasteiger partial charge in [0, 0.05) is 26.6 Å². The van der Waals surface area contributed by atoms with Crippen molar-refractivity contribution in [1.82, 2.24) is 10.2 Å². The highest BCUT2D eigenvalue weighted by molar-refractivity contribution is 5.78. The predicted octanol–water partition coefficient (Wildman–Crippen LogP) is 1.01. The van der Waals surface area contributed by atoms with Gasteiger partial charge in [-0.25, -0.2) is 0 Å². The van der Waals surface area contributed by atoms with Gasteiger partial charge >= 0.3 is 5.97 Å². The van der Waals surface area contributed by atoms with Crippen LogP contribution in [0, 0.1) is 0 Å². The van der Waals surface area contributed by atoms with E-state index < -0.39 is 0 Å². The molecule has 0 aliphatic carbocycles. The van der Waals surface area contributed by atoms with E-state index in [1.54, 1.807) is 7.05 Å². The van der Waals surface area contributed by atoms with Crippen molar-refractivity contribution in [3.8, 4) is 0 Å². The summed E-state index contributed by atoms with van der Waals surface area (Å²) in [7, 11) is 4.90. The molecule has 0 aliphatic heterocycles. The summed E-state index contributed by atoms with van der Waals surface area (Å²) in [5.74, 6) is -0.606. The maximum atomic E-state index is 11.9. The first kappa shape index (κ1) is 16.2. The number of hydrogen-bond acceptors (Lipinski definition) is 4. The Balaban J connectivity index is 2.66. The Morgan fingerprint density at radius 1 is 1.30 bits per heavy atom. The summed E-state index contributed by atoms with van der Waals surface area (Å²) in [6.07, 6.45) is 0.412. The van der Waals surface area contributed by atoms with Gasteiger partial charge < -0.3 is 15.0 Å². The number of hydrogen-bond donors (Lipinski definition) is 1. The van der Waals surface area contributed by atoms with Crippen LogP contribution in [0.1, 0.15) is 17.9 Å². The zero-order chi connectivity index (χ0) is 15.0. The topological polar surface area (TPSA) is 58.6 Å². The van der Waals surface area contributed by atoms with Crippen molar-refractivity contribution >= 4 is 11.9 Å². The van der Waals surface area contributed by atoms with Crippen molar-refractivity contribution in [1.29, 1.82) is 0 Å². The molecule has 0 aliphatic rings. The quantitative estimate of drug-likeness (QED) is 0.756. The van der Waals surface area contributed by atoms with Crippen LogP contribution in [0.5, 0.6) is 0 Å². The number of amides is 1. The zero-order valence-corrected chi connectivity index (χ0v) is 12.3. The highest BCUT2D eigenvalue weighted by atomic mass is 16.5. The molecule has 1 atom stereocenters. The van der Waals surface area contributed by atoms with E-state index in [-0.39, 0.29) is 17.8 Å². The lowest BCUT2D eigenvalue weighted by Crippen LogP contribution is -2.32. The molecular formula is C15H22N2O3. The Labute approximate surface area is 119 Å². The maximum absolute atomic E-state index is 11.9. The molecule has 0 saturated carbocycles.